The van der Waals surface area contributed by atoms with Gasteiger partial charge >= 0.3 is 5.97 Å². The second-order valence-corrected chi connectivity index (χ2v) is 8.05. The zero-order valence-corrected chi connectivity index (χ0v) is 12.8. The molecule has 20 heavy (non-hydrogen) atoms. The first kappa shape index (κ1) is 15.3. The number of hydrogen-bond donors (Lipinski definition) is 2. The van der Waals surface area contributed by atoms with E-state index in [9.17, 15) is 13.2 Å². The van der Waals surface area contributed by atoms with Crippen molar-refractivity contribution in [2.24, 2.45) is 0 Å². The lowest BCUT2D eigenvalue weighted by Gasteiger charge is -2.13. The molecule has 1 saturated carbocycles. The maximum absolute atomic E-state index is 12.0. The number of rotatable bonds is 7. The first-order chi connectivity index (χ1) is 9.36. The predicted molar refractivity (Wildman–Crippen MR) is 79.5 cm³/mol. The Labute approximate surface area is 122 Å². The van der Waals surface area contributed by atoms with Gasteiger partial charge in [-0.3, -0.25) is 0 Å². The van der Waals surface area contributed by atoms with E-state index in [1.807, 2.05) is 6.26 Å². The second-order valence-electron chi connectivity index (χ2n) is 4.97. The summed E-state index contributed by atoms with van der Waals surface area (Å²) in [6, 6.07) is 5.89. The number of carboxylic acids is 1. The van der Waals surface area contributed by atoms with Crippen molar-refractivity contribution in [3.63, 3.8) is 0 Å². The zero-order valence-electron chi connectivity index (χ0n) is 11.1. The minimum atomic E-state index is -3.38. The molecule has 2 N–H and O–H groups in total. The lowest BCUT2D eigenvalue weighted by molar-refractivity contribution is 0.0697. The third-order valence-corrected chi connectivity index (χ3v) is 6.13. The summed E-state index contributed by atoms with van der Waals surface area (Å²) in [6.07, 6.45) is 4.08. The summed E-state index contributed by atoms with van der Waals surface area (Å²) in [7, 11) is -3.38. The molecule has 0 bridgehead atoms. The van der Waals surface area contributed by atoms with Crippen LogP contribution in [0.25, 0.3) is 0 Å². The average Bonchev–Trinajstić information content (AvgIpc) is 3.17. The van der Waals surface area contributed by atoms with Gasteiger partial charge in [-0.05, 0) is 36.8 Å². The molecule has 0 spiro atoms. The summed E-state index contributed by atoms with van der Waals surface area (Å²) in [4.78, 5) is 10.7. The molecule has 7 heteroatoms. The molecule has 5 nitrogen and oxygen atoms in total. The van der Waals surface area contributed by atoms with Gasteiger partial charge in [0.2, 0.25) is 10.0 Å². The fourth-order valence-corrected chi connectivity index (χ4v) is 3.90. The van der Waals surface area contributed by atoms with Crippen LogP contribution in [-0.4, -0.2) is 37.0 Å². The molecule has 1 fully saturated rings. The zero-order chi connectivity index (χ0) is 14.8. The molecule has 1 aliphatic rings. The average molecular weight is 315 g/mol. The molecule has 0 unspecified atom stereocenters. The van der Waals surface area contributed by atoms with Gasteiger partial charge in [0.1, 0.15) is 0 Å². The van der Waals surface area contributed by atoms with Crippen molar-refractivity contribution in [2.75, 3.05) is 12.8 Å². The van der Waals surface area contributed by atoms with Crippen LogP contribution in [0.15, 0.2) is 24.3 Å². The Hall–Kier alpha value is -1.05. The van der Waals surface area contributed by atoms with Crippen LogP contribution in [0.4, 0.5) is 0 Å². The SMILES string of the molecule is CSC1(CNS(=O)(=O)Cc2ccc(C(=O)O)cc2)CC1. The maximum atomic E-state index is 12.0. The Kier molecular flexibility index (Phi) is 4.41. The quantitative estimate of drug-likeness (QED) is 0.800. The van der Waals surface area contributed by atoms with Gasteiger partial charge in [-0.2, -0.15) is 11.8 Å². The van der Waals surface area contributed by atoms with E-state index in [4.69, 9.17) is 5.11 Å². The fourth-order valence-electron chi connectivity index (χ4n) is 1.85. The van der Waals surface area contributed by atoms with E-state index in [1.165, 1.54) is 24.3 Å². The molecular formula is C13H17NO4S2. The molecule has 1 aliphatic carbocycles. The highest BCUT2D eigenvalue weighted by Crippen LogP contribution is 2.46. The molecule has 2 rings (SSSR count). The number of nitrogens with one attached hydrogen (secondary N) is 1. The molecule has 0 radical (unpaired) electrons. The van der Waals surface area contributed by atoms with Gasteiger partial charge in [-0.1, -0.05) is 12.1 Å². The number of sulfonamides is 1. The molecule has 0 aromatic heterocycles. The van der Waals surface area contributed by atoms with Crippen LogP contribution in [0.1, 0.15) is 28.8 Å². The molecule has 0 saturated heterocycles. The van der Waals surface area contributed by atoms with Crippen molar-refractivity contribution in [1.82, 2.24) is 4.72 Å². The monoisotopic (exact) mass is 315 g/mol. The van der Waals surface area contributed by atoms with E-state index in [0.717, 1.165) is 12.8 Å². The highest BCUT2D eigenvalue weighted by atomic mass is 32.2. The van der Waals surface area contributed by atoms with Gasteiger partial charge in [0, 0.05) is 11.3 Å². The van der Waals surface area contributed by atoms with Crippen LogP contribution < -0.4 is 4.72 Å². The minimum Gasteiger partial charge on any atom is -0.478 e. The lowest BCUT2D eigenvalue weighted by Crippen LogP contribution is -2.32. The number of hydrogen-bond acceptors (Lipinski definition) is 4. The van der Waals surface area contributed by atoms with Crippen molar-refractivity contribution >= 4 is 27.8 Å². The Balaban J connectivity index is 1.95. The largest absolute Gasteiger partial charge is 0.478 e. The molecular weight excluding hydrogens is 298 g/mol. The van der Waals surface area contributed by atoms with Crippen molar-refractivity contribution in [3.05, 3.63) is 35.4 Å². The highest BCUT2D eigenvalue weighted by molar-refractivity contribution is 8.00. The third kappa shape index (κ3) is 3.97. The highest BCUT2D eigenvalue weighted by Gasteiger charge is 2.42. The molecule has 0 aliphatic heterocycles. The molecule has 0 amide bonds. The van der Waals surface area contributed by atoms with Crippen molar-refractivity contribution < 1.29 is 18.3 Å². The smallest absolute Gasteiger partial charge is 0.335 e. The summed E-state index contributed by atoms with van der Waals surface area (Å²) in [5.41, 5.74) is 0.731. The van der Waals surface area contributed by atoms with E-state index in [0.29, 0.717) is 12.1 Å². The van der Waals surface area contributed by atoms with Crippen LogP contribution in [-0.2, 0) is 15.8 Å². The summed E-state index contributed by atoms with van der Waals surface area (Å²) < 4.78 is 26.7. The summed E-state index contributed by atoms with van der Waals surface area (Å²) in [5, 5.41) is 8.78. The maximum Gasteiger partial charge on any atom is 0.335 e. The normalized spacial score (nSPS) is 16.9. The Morgan fingerprint density at radius 3 is 2.40 bits per heavy atom. The first-order valence-electron chi connectivity index (χ1n) is 6.21. The van der Waals surface area contributed by atoms with Gasteiger partial charge in [0.05, 0.1) is 11.3 Å². The van der Waals surface area contributed by atoms with Crippen LogP contribution >= 0.6 is 11.8 Å². The Morgan fingerprint density at radius 1 is 1.35 bits per heavy atom. The second kappa shape index (κ2) is 5.75. The van der Waals surface area contributed by atoms with E-state index >= 15 is 0 Å². The molecule has 1 aromatic carbocycles. The van der Waals surface area contributed by atoms with Gasteiger partial charge in [0.15, 0.2) is 0 Å². The van der Waals surface area contributed by atoms with Gasteiger partial charge in [-0.15, -0.1) is 0 Å². The van der Waals surface area contributed by atoms with E-state index in [2.05, 4.69) is 4.72 Å². The number of benzene rings is 1. The van der Waals surface area contributed by atoms with E-state index in [1.54, 1.807) is 11.8 Å². The predicted octanol–water partition coefficient (Wildman–Crippen LogP) is 1.70. The minimum absolute atomic E-state index is 0.0836. The van der Waals surface area contributed by atoms with Crippen LogP contribution in [0.3, 0.4) is 0 Å². The van der Waals surface area contributed by atoms with Crippen LogP contribution in [0, 0.1) is 0 Å². The van der Waals surface area contributed by atoms with Crippen molar-refractivity contribution in [1.29, 1.82) is 0 Å². The summed E-state index contributed by atoms with van der Waals surface area (Å²) in [5.74, 6) is -1.15. The van der Waals surface area contributed by atoms with Gasteiger partial charge < -0.3 is 5.11 Å². The van der Waals surface area contributed by atoms with Gasteiger partial charge in [-0.25, -0.2) is 17.9 Å². The Bertz CT molecular complexity index is 591. The summed E-state index contributed by atoms with van der Waals surface area (Å²) in [6.45, 7) is 0.462. The lowest BCUT2D eigenvalue weighted by atomic mass is 10.1. The number of thioether (sulfide) groups is 1. The fraction of sp³-hybridized carbons (Fsp3) is 0.462. The van der Waals surface area contributed by atoms with Crippen molar-refractivity contribution in [2.45, 2.75) is 23.3 Å². The number of aromatic carboxylic acids is 1. The van der Waals surface area contributed by atoms with E-state index < -0.39 is 16.0 Å². The van der Waals surface area contributed by atoms with Crippen molar-refractivity contribution in [3.8, 4) is 0 Å². The van der Waals surface area contributed by atoms with Crippen LogP contribution in [0.2, 0.25) is 0 Å². The molecule has 0 heterocycles. The molecule has 1 aromatic rings. The number of carboxylic acid groups (broad SMARTS) is 1. The van der Waals surface area contributed by atoms with E-state index in [-0.39, 0.29) is 16.1 Å². The molecule has 110 valence electrons. The first-order valence-corrected chi connectivity index (χ1v) is 9.08. The molecule has 0 atom stereocenters. The Morgan fingerprint density at radius 2 is 1.95 bits per heavy atom. The number of carbonyl (C=O) groups is 1. The topological polar surface area (TPSA) is 83.5 Å². The standard InChI is InChI=1S/C13H17NO4S2/c1-19-13(6-7-13)9-14-20(17,18)8-10-2-4-11(5-3-10)12(15)16/h2-5,14H,6-9H2,1H3,(H,15,16). The summed E-state index contributed by atoms with van der Waals surface area (Å²) >= 11 is 1.70. The third-order valence-electron chi connectivity index (χ3n) is 3.41. The van der Waals surface area contributed by atoms with Crippen LogP contribution in [0.5, 0.6) is 0 Å². The van der Waals surface area contributed by atoms with Gasteiger partial charge in [0.25, 0.3) is 0 Å².